The van der Waals surface area contributed by atoms with Crippen molar-refractivity contribution in [3.8, 4) is 11.1 Å². The van der Waals surface area contributed by atoms with Crippen LogP contribution in [0.3, 0.4) is 0 Å². The monoisotopic (exact) mass is 279 g/mol. The molecule has 1 aliphatic rings. The topological polar surface area (TPSA) is 26.0 Å². The lowest BCUT2D eigenvalue weighted by Gasteiger charge is -2.09. The zero-order chi connectivity index (χ0) is 13.6. The predicted molar refractivity (Wildman–Crippen MR) is 72.1 cm³/mol. The molecule has 19 heavy (non-hydrogen) atoms. The van der Waals surface area contributed by atoms with Crippen molar-refractivity contribution in [2.24, 2.45) is 5.73 Å². The van der Waals surface area contributed by atoms with Crippen molar-refractivity contribution in [1.82, 2.24) is 0 Å². The minimum Gasteiger partial charge on any atom is -0.324 e. The molecule has 0 aliphatic heterocycles. The molecule has 4 heteroatoms. The van der Waals surface area contributed by atoms with Crippen molar-refractivity contribution in [2.45, 2.75) is 18.9 Å². The van der Waals surface area contributed by atoms with E-state index in [1.807, 2.05) is 18.2 Å². The molecule has 2 N–H and O–H groups in total. The Morgan fingerprint density at radius 3 is 2.63 bits per heavy atom. The first-order valence-electron chi connectivity index (χ1n) is 6.09. The molecule has 3 rings (SSSR count). The van der Waals surface area contributed by atoms with E-state index in [4.69, 9.17) is 17.3 Å². The number of hydrogen-bond acceptors (Lipinski definition) is 1. The van der Waals surface area contributed by atoms with Gasteiger partial charge in [-0.2, -0.15) is 0 Å². The molecule has 0 fully saturated rings. The van der Waals surface area contributed by atoms with Crippen molar-refractivity contribution in [3.05, 3.63) is 58.1 Å². The maximum atomic E-state index is 13.3. The lowest BCUT2D eigenvalue weighted by atomic mass is 9.99. The van der Waals surface area contributed by atoms with Gasteiger partial charge < -0.3 is 5.73 Å². The van der Waals surface area contributed by atoms with Gasteiger partial charge in [0.2, 0.25) is 0 Å². The van der Waals surface area contributed by atoms with Crippen LogP contribution < -0.4 is 5.73 Å². The van der Waals surface area contributed by atoms with E-state index in [0.717, 1.165) is 41.7 Å². The maximum Gasteiger partial charge on any atom is 0.160 e. The third-order valence-corrected chi connectivity index (χ3v) is 3.90. The minimum atomic E-state index is -0.933. The molecule has 2 aromatic rings. The normalized spacial score (nSPS) is 17.6. The summed E-state index contributed by atoms with van der Waals surface area (Å²) in [6.07, 6.45) is 1.83. The van der Waals surface area contributed by atoms with Crippen LogP contribution in [0.25, 0.3) is 11.1 Å². The van der Waals surface area contributed by atoms with Gasteiger partial charge in [-0.25, -0.2) is 8.78 Å². The molecule has 0 bridgehead atoms. The molecule has 98 valence electrons. The van der Waals surface area contributed by atoms with E-state index >= 15 is 0 Å². The number of aryl methyl sites for hydroxylation is 1. The zero-order valence-corrected chi connectivity index (χ0v) is 10.8. The molecular formula is C15H12ClF2N. The molecule has 0 saturated heterocycles. The Hall–Kier alpha value is -1.45. The van der Waals surface area contributed by atoms with Crippen molar-refractivity contribution in [2.75, 3.05) is 0 Å². The highest BCUT2D eigenvalue weighted by molar-refractivity contribution is 6.33. The van der Waals surface area contributed by atoms with Crippen LogP contribution in [0.15, 0.2) is 30.3 Å². The lowest BCUT2D eigenvalue weighted by molar-refractivity contribution is 0.509. The Morgan fingerprint density at radius 2 is 1.84 bits per heavy atom. The molecule has 0 amide bonds. The van der Waals surface area contributed by atoms with Crippen LogP contribution in [0.2, 0.25) is 5.02 Å². The van der Waals surface area contributed by atoms with Crippen LogP contribution in [0.5, 0.6) is 0 Å². The lowest BCUT2D eigenvalue weighted by Crippen LogP contribution is -2.04. The summed E-state index contributed by atoms with van der Waals surface area (Å²) in [5, 5.41) is 0.209. The molecule has 1 atom stereocenters. The van der Waals surface area contributed by atoms with Gasteiger partial charge in [0.25, 0.3) is 0 Å². The number of nitrogens with two attached hydrogens (primary N) is 1. The standard InChI is InChI=1S/C15H12ClF2N/c16-12-7-14(18)13(17)6-11(12)9-1-3-10-8(5-9)2-4-15(10)19/h1,3,5-7,15H,2,4,19H2. The van der Waals surface area contributed by atoms with E-state index in [9.17, 15) is 8.78 Å². The third-order valence-electron chi connectivity index (χ3n) is 3.59. The van der Waals surface area contributed by atoms with Gasteiger partial charge >= 0.3 is 0 Å². The molecule has 0 saturated carbocycles. The van der Waals surface area contributed by atoms with E-state index in [1.165, 1.54) is 0 Å². The fraction of sp³-hybridized carbons (Fsp3) is 0.200. The Morgan fingerprint density at radius 1 is 1.11 bits per heavy atom. The number of hydrogen-bond donors (Lipinski definition) is 1. The summed E-state index contributed by atoms with van der Waals surface area (Å²) in [4.78, 5) is 0. The van der Waals surface area contributed by atoms with Crippen molar-refractivity contribution in [1.29, 1.82) is 0 Å². The summed E-state index contributed by atoms with van der Waals surface area (Å²) in [7, 11) is 0. The van der Waals surface area contributed by atoms with Gasteiger partial charge in [0, 0.05) is 11.6 Å². The molecular weight excluding hydrogens is 268 g/mol. The molecule has 0 radical (unpaired) electrons. The maximum absolute atomic E-state index is 13.3. The van der Waals surface area contributed by atoms with Gasteiger partial charge in [0.15, 0.2) is 11.6 Å². The molecule has 0 heterocycles. The summed E-state index contributed by atoms with van der Waals surface area (Å²) in [6.45, 7) is 0. The molecule has 2 aromatic carbocycles. The van der Waals surface area contributed by atoms with Crippen LogP contribution in [0.1, 0.15) is 23.6 Å². The van der Waals surface area contributed by atoms with Crippen molar-refractivity contribution in [3.63, 3.8) is 0 Å². The second-order valence-electron chi connectivity index (χ2n) is 4.80. The van der Waals surface area contributed by atoms with Gasteiger partial charge in [-0.15, -0.1) is 0 Å². The third kappa shape index (κ3) is 2.13. The van der Waals surface area contributed by atoms with Crippen molar-refractivity contribution < 1.29 is 8.78 Å². The smallest absolute Gasteiger partial charge is 0.160 e. The summed E-state index contributed by atoms with van der Waals surface area (Å²) in [6, 6.07) is 7.97. The van der Waals surface area contributed by atoms with Gasteiger partial charge in [-0.05, 0) is 41.7 Å². The first kappa shape index (κ1) is 12.6. The highest BCUT2D eigenvalue weighted by Gasteiger charge is 2.20. The number of fused-ring (bicyclic) bond motifs is 1. The van der Waals surface area contributed by atoms with Gasteiger partial charge in [-0.3, -0.25) is 0 Å². The highest BCUT2D eigenvalue weighted by atomic mass is 35.5. The average molecular weight is 280 g/mol. The molecule has 1 nitrogen and oxygen atoms in total. The highest BCUT2D eigenvalue weighted by Crippen LogP contribution is 2.35. The Kier molecular flexibility index (Phi) is 3.03. The Balaban J connectivity index is 2.11. The molecule has 1 aliphatic carbocycles. The van der Waals surface area contributed by atoms with Crippen LogP contribution in [-0.2, 0) is 6.42 Å². The van der Waals surface area contributed by atoms with E-state index in [1.54, 1.807) is 0 Å². The second kappa shape index (κ2) is 4.58. The number of halogens is 3. The SMILES string of the molecule is NC1CCc2cc(-c3cc(F)c(F)cc3Cl)ccc21. The fourth-order valence-electron chi connectivity index (χ4n) is 2.56. The second-order valence-corrected chi connectivity index (χ2v) is 5.21. The first-order valence-corrected chi connectivity index (χ1v) is 6.47. The first-order chi connectivity index (χ1) is 9.06. The zero-order valence-electron chi connectivity index (χ0n) is 10.1. The summed E-state index contributed by atoms with van der Waals surface area (Å²) in [5.41, 5.74) is 9.55. The Bertz CT molecular complexity index is 655. The largest absolute Gasteiger partial charge is 0.324 e. The van der Waals surface area contributed by atoms with Gasteiger partial charge in [0.05, 0.1) is 5.02 Å². The van der Waals surface area contributed by atoms with E-state index in [2.05, 4.69) is 0 Å². The molecule has 1 unspecified atom stereocenters. The summed E-state index contributed by atoms with van der Waals surface area (Å²) >= 11 is 5.98. The van der Waals surface area contributed by atoms with Gasteiger partial charge in [0.1, 0.15) is 0 Å². The molecule has 0 spiro atoms. The number of benzene rings is 2. The predicted octanol–water partition coefficient (Wildman–Crippen LogP) is 4.23. The summed E-state index contributed by atoms with van der Waals surface area (Å²) < 4.78 is 26.4. The van der Waals surface area contributed by atoms with Crippen LogP contribution in [-0.4, -0.2) is 0 Å². The van der Waals surface area contributed by atoms with Crippen LogP contribution in [0, 0.1) is 11.6 Å². The van der Waals surface area contributed by atoms with Crippen LogP contribution >= 0.6 is 11.6 Å². The fourth-order valence-corrected chi connectivity index (χ4v) is 2.82. The van der Waals surface area contributed by atoms with Gasteiger partial charge in [-0.1, -0.05) is 29.8 Å². The molecule has 0 aromatic heterocycles. The number of rotatable bonds is 1. The minimum absolute atomic E-state index is 0.0736. The average Bonchev–Trinajstić information content (AvgIpc) is 2.75. The Labute approximate surface area is 115 Å². The van der Waals surface area contributed by atoms with E-state index < -0.39 is 11.6 Å². The quantitative estimate of drug-likeness (QED) is 0.777. The van der Waals surface area contributed by atoms with E-state index in [0.29, 0.717) is 5.56 Å². The van der Waals surface area contributed by atoms with E-state index in [-0.39, 0.29) is 11.1 Å². The van der Waals surface area contributed by atoms with Crippen LogP contribution in [0.4, 0.5) is 8.78 Å². The van der Waals surface area contributed by atoms with Crippen molar-refractivity contribution >= 4 is 11.6 Å². The summed E-state index contributed by atoms with van der Waals surface area (Å²) in [5.74, 6) is -1.83.